The highest BCUT2D eigenvalue weighted by Crippen LogP contribution is 2.17. The number of ether oxygens (including phenoxy) is 1. The number of carbonyl (C=O) groups is 1. The van der Waals surface area contributed by atoms with E-state index in [0.29, 0.717) is 6.47 Å². The Labute approximate surface area is 109 Å². The predicted octanol–water partition coefficient (Wildman–Crippen LogP) is 3.89. The summed E-state index contributed by atoms with van der Waals surface area (Å²) in [5, 5.41) is 1.24. The summed E-state index contributed by atoms with van der Waals surface area (Å²) in [5.41, 5.74) is 0.866. The Balaban J connectivity index is 0.000000185. The quantitative estimate of drug-likeness (QED) is 0.812. The van der Waals surface area contributed by atoms with Crippen molar-refractivity contribution in [3.05, 3.63) is 34.9 Å². The van der Waals surface area contributed by atoms with Crippen LogP contribution in [-0.4, -0.2) is 17.1 Å². The Hall–Kier alpha value is -1.29. The molecule has 3 nitrogen and oxygen atoms in total. The van der Waals surface area contributed by atoms with Crippen molar-refractivity contribution in [3.63, 3.8) is 0 Å². The van der Waals surface area contributed by atoms with Crippen molar-refractivity contribution in [2.75, 3.05) is 0 Å². The molecule has 1 N–H and O–H groups in total. The molecule has 0 atom stereocenters. The molecule has 0 unspecified atom stereocenters. The van der Waals surface area contributed by atoms with E-state index in [1.165, 1.54) is 10.9 Å². The Bertz CT molecular complexity index is 485. The van der Waals surface area contributed by atoms with E-state index in [-0.39, 0.29) is 5.60 Å². The van der Waals surface area contributed by atoms with Gasteiger partial charge in [-0.3, -0.25) is 4.79 Å². The average molecular weight is 298 g/mol. The molecule has 0 aliphatic carbocycles. The van der Waals surface area contributed by atoms with Gasteiger partial charge >= 0.3 is 0 Å². The largest absolute Gasteiger partial charge is 0.462 e. The van der Waals surface area contributed by atoms with E-state index >= 15 is 0 Å². The summed E-state index contributed by atoms with van der Waals surface area (Å²) in [6.07, 6.45) is 1.94. The van der Waals surface area contributed by atoms with Crippen LogP contribution in [0.25, 0.3) is 10.9 Å². The number of fused-ring (bicyclic) bond motifs is 1. The van der Waals surface area contributed by atoms with Crippen LogP contribution in [0, 0.1) is 0 Å². The van der Waals surface area contributed by atoms with Crippen molar-refractivity contribution in [2.24, 2.45) is 0 Å². The zero-order valence-corrected chi connectivity index (χ0v) is 11.7. The van der Waals surface area contributed by atoms with Crippen LogP contribution in [0.5, 0.6) is 0 Å². The van der Waals surface area contributed by atoms with Crippen LogP contribution in [0.4, 0.5) is 0 Å². The second kappa shape index (κ2) is 5.87. The Morgan fingerprint density at radius 2 is 2.00 bits per heavy atom. The van der Waals surface area contributed by atoms with Gasteiger partial charge in [0.2, 0.25) is 0 Å². The maximum absolute atomic E-state index is 9.60. The highest BCUT2D eigenvalue weighted by atomic mass is 79.9. The Morgan fingerprint density at radius 3 is 2.53 bits per heavy atom. The molecule has 0 bridgehead atoms. The van der Waals surface area contributed by atoms with Crippen LogP contribution in [0.3, 0.4) is 0 Å². The number of hydrogen-bond donors (Lipinski definition) is 1. The van der Waals surface area contributed by atoms with E-state index < -0.39 is 0 Å². The first kappa shape index (κ1) is 13.8. The number of benzene rings is 1. The van der Waals surface area contributed by atoms with E-state index in [9.17, 15) is 4.79 Å². The van der Waals surface area contributed by atoms with E-state index in [2.05, 4.69) is 43.8 Å². The molecule has 0 aliphatic heterocycles. The fourth-order valence-electron chi connectivity index (χ4n) is 1.17. The van der Waals surface area contributed by atoms with Gasteiger partial charge in [-0.2, -0.15) is 0 Å². The first-order chi connectivity index (χ1) is 7.92. The Morgan fingerprint density at radius 1 is 1.29 bits per heavy atom. The zero-order chi connectivity index (χ0) is 12.9. The lowest BCUT2D eigenvalue weighted by Gasteiger charge is -2.14. The molecule has 1 aromatic heterocycles. The maximum atomic E-state index is 9.60. The predicted molar refractivity (Wildman–Crippen MR) is 72.9 cm³/mol. The zero-order valence-electron chi connectivity index (χ0n) is 10.2. The highest BCUT2D eigenvalue weighted by Gasteiger charge is 2.07. The van der Waals surface area contributed by atoms with E-state index in [0.717, 1.165) is 4.47 Å². The number of rotatable bonds is 1. The number of hydrogen-bond acceptors (Lipinski definition) is 2. The van der Waals surface area contributed by atoms with Gasteiger partial charge in [-0.05, 0) is 45.0 Å². The third kappa shape index (κ3) is 5.04. The van der Waals surface area contributed by atoms with Gasteiger partial charge in [0.25, 0.3) is 6.47 Å². The molecule has 0 saturated heterocycles. The van der Waals surface area contributed by atoms with Crippen molar-refractivity contribution >= 4 is 33.3 Å². The van der Waals surface area contributed by atoms with Gasteiger partial charge in [-0.25, -0.2) is 0 Å². The number of halogens is 1. The summed E-state index contributed by atoms with van der Waals surface area (Å²) in [7, 11) is 0. The second-order valence-corrected chi connectivity index (χ2v) is 5.45. The normalized spacial score (nSPS) is 10.6. The molecule has 0 spiro atoms. The minimum atomic E-state index is -0.318. The van der Waals surface area contributed by atoms with Crippen molar-refractivity contribution in [1.29, 1.82) is 0 Å². The fourth-order valence-corrected chi connectivity index (χ4v) is 1.55. The van der Waals surface area contributed by atoms with Gasteiger partial charge in [-0.15, -0.1) is 0 Å². The number of aromatic nitrogens is 1. The molecule has 4 heteroatoms. The van der Waals surface area contributed by atoms with Crippen LogP contribution in [0.1, 0.15) is 20.8 Å². The molecule has 0 amide bonds. The summed E-state index contributed by atoms with van der Waals surface area (Å²) in [6.45, 7) is 5.92. The summed E-state index contributed by atoms with van der Waals surface area (Å²) in [6, 6.07) is 8.23. The third-order valence-corrected chi connectivity index (χ3v) is 2.41. The highest BCUT2D eigenvalue weighted by molar-refractivity contribution is 9.10. The minimum Gasteiger partial charge on any atom is -0.462 e. The summed E-state index contributed by atoms with van der Waals surface area (Å²) >= 11 is 3.40. The molecule has 0 radical (unpaired) electrons. The average Bonchev–Trinajstić information content (AvgIpc) is 2.63. The first-order valence-corrected chi connectivity index (χ1v) is 6.06. The van der Waals surface area contributed by atoms with Crippen LogP contribution in [0.15, 0.2) is 34.9 Å². The van der Waals surface area contributed by atoms with E-state index in [1.807, 2.05) is 33.0 Å². The number of nitrogens with one attached hydrogen (secondary N) is 1. The number of H-pyrrole nitrogens is 1. The third-order valence-electron chi connectivity index (χ3n) is 1.92. The monoisotopic (exact) mass is 297 g/mol. The number of carbonyl (C=O) groups excluding carboxylic acids is 1. The van der Waals surface area contributed by atoms with E-state index in [1.54, 1.807) is 0 Å². The lowest BCUT2D eigenvalue weighted by Crippen LogP contribution is -2.17. The molecule has 1 aromatic carbocycles. The van der Waals surface area contributed by atoms with Crippen molar-refractivity contribution in [2.45, 2.75) is 26.4 Å². The molecule has 0 saturated carbocycles. The molecule has 1 heterocycles. The smallest absolute Gasteiger partial charge is 0.293 e. The van der Waals surface area contributed by atoms with Gasteiger partial charge in [0.15, 0.2) is 0 Å². The van der Waals surface area contributed by atoms with Crippen LogP contribution in [-0.2, 0) is 9.53 Å². The molecule has 2 rings (SSSR count). The molecule has 0 aliphatic rings. The van der Waals surface area contributed by atoms with Crippen molar-refractivity contribution in [3.8, 4) is 0 Å². The fraction of sp³-hybridized carbons (Fsp3) is 0.308. The topological polar surface area (TPSA) is 42.1 Å². The summed E-state index contributed by atoms with van der Waals surface area (Å²) in [5.74, 6) is 0. The maximum Gasteiger partial charge on any atom is 0.293 e. The molecule has 0 fully saturated rings. The molecule has 17 heavy (non-hydrogen) atoms. The lowest BCUT2D eigenvalue weighted by atomic mass is 10.2. The standard InChI is InChI=1S/C8H6BrN.C5H10O2/c9-7-1-2-8-6(5-7)3-4-10-8;1-5(2,3)7-4-6/h1-5,10H;4H,1-3H3. The van der Waals surface area contributed by atoms with Crippen LogP contribution >= 0.6 is 15.9 Å². The van der Waals surface area contributed by atoms with Gasteiger partial charge < -0.3 is 9.72 Å². The SMILES string of the molecule is Brc1ccc2[nH]ccc2c1.CC(C)(C)OC=O. The van der Waals surface area contributed by atoms with Crippen LogP contribution < -0.4 is 0 Å². The lowest BCUT2D eigenvalue weighted by molar-refractivity contribution is -0.138. The summed E-state index contributed by atoms with van der Waals surface area (Å²) in [4.78, 5) is 12.7. The second-order valence-electron chi connectivity index (χ2n) is 4.54. The molecular weight excluding hydrogens is 282 g/mol. The van der Waals surface area contributed by atoms with Gasteiger partial charge in [-0.1, -0.05) is 15.9 Å². The summed E-state index contributed by atoms with van der Waals surface area (Å²) < 4.78 is 5.67. The van der Waals surface area contributed by atoms with Gasteiger partial charge in [0.1, 0.15) is 5.60 Å². The van der Waals surface area contributed by atoms with Gasteiger partial charge in [0, 0.05) is 21.6 Å². The van der Waals surface area contributed by atoms with Crippen molar-refractivity contribution < 1.29 is 9.53 Å². The Kier molecular flexibility index (Phi) is 4.75. The molecule has 92 valence electrons. The van der Waals surface area contributed by atoms with E-state index in [4.69, 9.17) is 0 Å². The molecular formula is C13H16BrNO2. The molecule has 2 aromatic rings. The van der Waals surface area contributed by atoms with Gasteiger partial charge in [0.05, 0.1) is 0 Å². The first-order valence-electron chi connectivity index (χ1n) is 5.26. The van der Waals surface area contributed by atoms with Crippen LogP contribution in [0.2, 0.25) is 0 Å². The number of aromatic amines is 1. The minimum absolute atomic E-state index is 0.318. The van der Waals surface area contributed by atoms with Crippen molar-refractivity contribution in [1.82, 2.24) is 4.98 Å².